The van der Waals surface area contributed by atoms with Gasteiger partial charge < -0.3 is 25.2 Å². The lowest BCUT2D eigenvalue weighted by Crippen LogP contribution is -2.44. The number of hydrogen-bond acceptors (Lipinski definition) is 4. The number of amides is 2. The molecule has 1 aromatic rings. The predicted octanol–water partition coefficient (Wildman–Crippen LogP) is 2.44. The molecule has 0 aromatic heterocycles. The van der Waals surface area contributed by atoms with Crippen LogP contribution in [0.2, 0.25) is 0 Å². The van der Waals surface area contributed by atoms with Crippen molar-refractivity contribution in [2.45, 2.75) is 32.2 Å². The summed E-state index contributed by atoms with van der Waals surface area (Å²) in [5, 5.41) is 6.07. The van der Waals surface area contributed by atoms with E-state index in [0.29, 0.717) is 0 Å². The van der Waals surface area contributed by atoms with Crippen molar-refractivity contribution in [3.05, 3.63) is 23.8 Å². The van der Waals surface area contributed by atoms with Crippen molar-refractivity contribution in [1.29, 1.82) is 0 Å². The van der Waals surface area contributed by atoms with E-state index in [0.717, 1.165) is 69.9 Å². The molecule has 2 fully saturated rings. The molecule has 6 nitrogen and oxygen atoms in total. The molecular formula is C19H30N4O2. The quantitative estimate of drug-likeness (QED) is 0.883. The maximum atomic E-state index is 12.3. The minimum Gasteiger partial charge on any atom is -0.381 e. The second kappa shape index (κ2) is 8.54. The van der Waals surface area contributed by atoms with E-state index in [-0.39, 0.29) is 12.1 Å². The fourth-order valence-electron chi connectivity index (χ4n) is 3.44. The Kier molecular flexibility index (Phi) is 6.15. The third-order valence-corrected chi connectivity index (χ3v) is 5.11. The van der Waals surface area contributed by atoms with Crippen LogP contribution in [0.25, 0.3) is 0 Å². The fraction of sp³-hybridized carbons (Fsp3) is 0.632. The number of anilines is 2. The van der Waals surface area contributed by atoms with Crippen LogP contribution in [0, 0.1) is 6.92 Å². The van der Waals surface area contributed by atoms with Gasteiger partial charge in [0.25, 0.3) is 0 Å². The number of ether oxygens (including phenoxy) is 1. The van der Waals surface area contributed by atoms with Crippen LogP contribution in [0.4, 0.5) is 16.2 Å². The van der Waals surface area contributed by atoms with Crippen LogP contribution in [-0.4, -0.2) is 63.4 Å². The number of hydrogen-bond donors (Lipinski definition) is 2. The van der Waals surface area contributed by atoms with Gasteiger partial charge in [-0.05, 0) is 57.0 Å². The average molecular weight is 346 g/mol. The van der Waals surface area contributed by atoms with Crippen molar-refractivity contribution in [2.75, 3.05) is 56.7 Å². The second-order valence-corrected chi connectivity index (χ2v) is 7.13. The molecule has 6 heteroatoms. The summed E-state index contributed by atoms with van der Waals surface area (Å²) >= 11 is 0. The molecule has 1 atom stereocenters. The summed E-state index contributed by atoms with van der Waals surface area (Å²) in [6.07, 6.45) is 2.87. The molecule has 2 aliphatic heterocycles. The lowest BCUT2D eigenvalue weighted by molar-refractivity contribution is 0.143. The van der Waals surface area contributed by atoms with Crippen LogP contribution in [-0.2, 0) is 4.74 Å². The lowest BCUT2D eigenvalue weighted by Gasteiger charge is -2.34. The second-order valence-electron chi connectivity index (χ2n) is 7.13. The zero-order valence-electron chi connectivity index (χ0n) is 15.4. The smallest absolute Gasteiger partial charge is 0.319 e. The largest absolute Gasteiger partial charge is 0.381 e. The van der Waals surface area contributed by atoms with Gasteiger partial charge >= 0.3 is 6.03 Å². The van der Waals surface area contributed by atoms with Gasteiger partial charge in [0.05, 0.1) is 0 Å². The Bertz CT molecular complexity index is 577. The first-order chi connectivity index (χ1) is 12.1. The minimum atomic E-state index is -0.123. The molecule has 2 N–H and O–H groups in total. The number of likely N-dealkylation sites (N-methyl/N-ethyl adjacent to an activating group) is 1. The number of aryl methyl sites for hydroxylation is 1. The maximum absolute atomic E-state index is 12.3. The van der Waals surface area contributed by atoms with Gasteiger partial charge in [0.2, 0.25) is 0 Å². The zero-order valence-corrected chi connectivity index (χ0v) is 15.4. The molecular weight excluding hydrogens is 316 g/mol. The molecule has 0 bridgehead atoms. The number of rotatable bonds is 3. The highest BCUT2D eigenvalue weighted by molar-refractivity contribution is 5.90. The third kappa shape index (κ3) is 5.09. The van der Waals surface area contributed by atoms with Crippen LogP contribution >= 0.6 is 0 Å². The Morgan fingerprint density at radius 1 is 1.16 bits per heavy atom. The van der Waals surface area contributed by atoms with E-state index < -0.39 is 0 Å². The Balaban J connectivity index is 1.56. The first kappa shape index (κ1) is 18.0. The van der Waals surface area contributed by atoms with Crippen molar-refractivity contribution >= 4 is 17.4 Å². The van der Waals surface area contributed by atoms with E-state index in [1.165, 1.54) is 5.69 Å². The van der Waals surface area contributed by atoms with E-state index in [1.807, 2.05) is 6.07 Å². The summed E-state index contributed by atoms with van der Waals surface area (Å²) < 4.78 is 5.44. The van der Waals surface area contributed by atoms with E-state index in [2.05, 4.69) is 46.5 Å². The third-order valence-electron chi connectivity index (χ3n) is 5.11. The normalized spacial score (nSPS) is 22.3. The molecule has 138 valence electrons. The number of urea groups is 1. The number of carbonyl (C=O) groups is 1. The van der Waals surface area contributed by atoms with E-state index >= 15 is 0 Å². The summed E-state index contributed by atoms with van der Waals surface area (Å²) in [5.41, 5.74) is 3.20. The Morgan fingerprint density at radius 3 is 2.72 bits per heavy atom. The van der Waals surface area contributed by atoms with E-state index in [1.54, 1.807) is 0 Å². The summed E-state index contributed by atoms with van der Waals surface area (Å²) in [5.74, 6) is 0. The maximum Gasteiger partial charge on any atom is 0.319 e. The van der Waals surface area contributed by atoms with Gasteiger partial charge in [0.15, 0.2) is 0 Å². The Hall–Kier alpha value is -1.79. The van der Waals surface area contributed by atoms with Gasteiger partial charge in [-0.15, -0.1) is 0 Å². The molecule has 0 radical (unpaired) electrons. The zero-order chi connectivity index (χ0) is 17.6. The molecule has 2 heterocycles. The Morgan fingerprint density at radius 2 is 1.96 bits per heavy atom. The van der Waals surface area contributed by atoms with E-state index in [4.69, 9.17) is 4.74 Å². The SMILES string of the molecule is Cc1cc(N2CCN(C)CC2)ccc1NC(=O)NC1CCCOCC1. The summed E-state index contributed by atoms with van der Waals surface area (Å²) in [6, 6.07) is 6.36. The average Bonchev–Trinajstić information content (AvgIpc) is 2.86. The molecule has 25 heavy (non-hydrogen) atoms. The number of piperazine rings is 1. The standard InChI is InChI=1S/C19H30N4O2/c1-15-14-17(23-10-8-22(2)9-11-23)5-6-18(15)21-19(24)20-16-4-3-12-25-13-7-16/h5-6,14,16H,3-4,7-13H2,1-2H3,(H2,20,21,24). The van der Waals surface area contributed by atoms with Gasteiger partial charge in [-0.1, -0.05) is 0 Å². The number of carbonyl (C=O) groups excluding carboxylic acids is 1. The molecule has 1 aromatic carbocycles. The van der Waals surface area contributed by atoms with Crippen LogP contribution in [0.1, 0.15) is 24.8 Å². The molecule has 0 spiro atoms. The van der Waals surface area contributed by atoms with Crippen molar-refractivity contribution in [3.63, 3.8) is 0 Å². The first-order valence-electron chi connectivity index (χ1n) is 9.31. The molecule has 1 unspecified atom stereocenters. The fourth-order valence-corrected chi connectivity index (χ4v) is 3.44. The molecule has 0 aliphatic carbocycles. The molecule has 3 rings (SSSR count). The molecule has 2 saturated heterocycles. The molecule has 2 amide bonds. The molecule has 0 saturated carbocycles. The van der Waals surface area contributed by atoms with Crippen molar-refractivity contribution in [1.82, 2.24) is 10.2 Å². The highest BCUT2D eigenvalue weighted by Crippen LogP contribution is 2.23. The van der Waals surface area contributed by atoms with Crippen LogP contribution in [0.5, 0.6) is 0 Å². The van der Waals surface area contributed by atoms with Gasteiger partial charge in [0, 0.05) is 56.8 Å². The monoisotopic (exact) mass is 346 g/mol. The number of benzene rings is 1. The predicted molar refractivity (Wildman–Crippen MR) is 102 cm³/mol. The van der Waals surface area contributed by atoms with Crippen molar-refractivity contribution in [2.24, 2.45) is 0 Å². The van der Waals surface area contributed by atoms with Gasteiger partial charge in [0.1, 0.15) is 0 Å². The summed E-state index contributed by atoms with van der Waals surface area (Å²) in [7, 11) is 2.16. The highest BCUT2D eigenvalue weighted by Gasteiger charge is 2.17. The van der Waals surface area contributed by atoms with Gasteiger partial charge in [-0.2, -0.15) is 0 Å². The lowest BCUT2D eigenvalue weighted by atomic mass is 10.1. The topological polar surface area (TPSA) is 56.8 Å². The number of nitrogens with one attached hydrogen (secondary N) is 2. The first-order valence-corrected chi connectivity index (χ1v) is 9.31. The number of nitrogens with zero attached hydrogens (tertiary/aromatic N) is 2. The summed E-state index contributed by atoms with van der Waals surface area (Å²) in [4.78, 5) is 17.0. The van der Waals surface area contributed by atoms with Crippen LogP contribution in [0.3, 0.4) is 0 Å². The molecule has 2 aliphatic rings. The van der Waals surface area contributed by atoms with E-state index in [9.17, 15) is 4.79 Å². The minimum absolute atomic E-state index is 0.123. The Labute approximate surface area is 150 Å². The van der Waals surface area contributed by atoms with Crippen molar-refractivity contribution in [3.8, 4) is 0 Å². The van der Waals surface area contributed by atoms with Crippen LogP contribution < -0.4 is 15.5 Å². The van der Waals surface area contributed by atoms with Crippen molar-refractivity contribution < 1.29 is 9.53 Å². The van der Waals surface area contributed by atoms with Gasteiger partial charge in [-0.3, -0.25) is 0 Å². The van der Waals surface area contributed by atoms with Gasteiger partial charge in [-0.25, -0.2) is 4.79 Å². The van der Waals surface area contributed by atoms with Crippen LogP contribution in [0.15, 0.2) is 18.2 Å². The summed E-state index contributed by atoms with van der Waals surface area (Å²) in [6.45, 7) is 7.85. The highest BCUT2D eigenvalue weighted by atomic mass is 16.5.